The summed E-state index contributed by atoms with van der Waals surface area (Å²) < 4.78 is 36.5. The van der Waals surface area contributed by atoms with Gasteiger partial charge >= 0.3 is 6.18 Å². The molecule has 1 N–H and O–H groups in total. The Morgan fingerprint density at radius 1 is 1.47 bits per heavy atom. The summed E-state index contributed by atoms with van der Waals surface area (Å²) in [6, 6.07) is 0. The lowest BCUT2D eigenvalue weighted by Crippen LogP contribution is -2.19. The van der Waals surface area contributed by atoms with Gasteiger partial charge in [0, 0.05) is 11.9 Å². The van der Waals surface area contributed by atoms with Gasteiger partial charge < -0.3 is 5.32 Å². The molecule has 0 saturated carbocycles. The average molecular weight is 238 g/mol. The van der Waals surface area contributed by atoms with Gasteiger partial charge in [0.2, 0.25) is 0 Å². The normalized spacial score (nSPS) is 12.4. The van der Waals surface area contributed by atoms with Gasteiger partial charge in [0.15, 0.2) is 5.01 Å². The van der Waals surface area contributed by atoms with Crippen molar-refractivity contribution in [3.8, 4) is 0 Å². The molecule has 0 spiro atoms. The fourth-order valence-corrected chi connectivity index (χ4v) is 1.69. The van der Waals surface area contributed by atoms with E-state index in [-0.39, 0.29) is 0 Å². The largest absolute Gasteiger partial charge is 0.443 e. The minimum absolute atomic E-state index is 0.394. The van der Waals surface area contributed by atoms with E-state index in [0.29, 0.717) is 29.5 Å². The van der Waals surface area contributed by atoms with Crippen LogP contribution in [0.1, 0.15) is 24.5 Å². The first-order chi connectivity index (χ1) is 6.89. The van der Waals surface area contributed by atoms with Crippen molar-refractivity contribution in [2.24, 2.45) is 5.92 Å². The number of alkyl halides is 3. The highest BCUT2D eigenvalue weighted by molar-refractivity contribution is 7.09. The summed E-state index contributed by atoms with van der Waals surface area (Å²) in [6.45, 7) is 5.24. The molecule has 6 heteroatoms. The van der Waals surface area contributed by atoms with E-state index >= 15 is 0 Å². The summed E-state index contributed by atoms with van der Waals surface area (Å²) in [5, 5.41) is 3.71. The molecule has 0 aromatic carbocycles. The quantitative estimate of drug-likeness (QED) is 0.872. The summed E-state index contributed by atoms with van der Waals surface area (Å²) in [5.74, 6) is 0.478. The van der Waals surface area contributed by atoms with Crippen LogP contribution in [-0.4, -0.2) is 11.5 Å². The molecule has 1 aromatic heterocycles. The second kappa shape index (κ2) is 4.94. The van der Waals surface area contributed by atoms with Crippen LogP contribution in [0, 0.1) is 5.92 Å². The van der Waals surface area contributed by atoms with Crippen LogP contribution in [0.15, 0.2) is 5.38 Å². The molecular weight excluding hydrogens is 225 g/mol. The Kier molecular flexibility index (Phi) is 4.10. The van der Waals surface area contributed by atoms with Crippen molar-refractivity contribution < 1.29 is 13.2 Å². The molecule has 0 atom stereocenters. The second-order valence-corrected chi connectivity index (χ2v) is 4.52. The van der Waals surface area contributed by atoms with Crippen LogP contribution < -0.4 is 5.32 Å². The topological polar surface area (TPSA) is 24.9 Å². The van der Waals surface area contributed by atoms with Crippen molar-refractivity contribution in [2.75, 3.05) is 6.54 Å². The van der Waals surface area contributed by atoms with Crippen LogP contribution in [-0.2, 0) is 12.7 Å². The number of hydrogen-bond donors (Lipinski definition) is 1. The van der Waals surface area contributed by atoms with Gasteiger partial charge in [-0.1, -0.05) is 13.8 Å². The van der Waals surface area contributed by atoms with Crippen molar-refractivity contribution in [1.82, 2.24) is 10.3 Å². The standard InChI is InChI=1S/C9H13F3N2S/c1-6(2)3-13-4-7-5-15-8(14-7)9(10,11)12/h5-6,13H,3-4H2,1-2H3. The zero-order valence-corrected chi connectivity index (χ0v) is 9.37. The maximum Gasteiger partial charge on any atom is 0.443 e. The number of nitrogens with one attached hydrogen (secondary N) is 1. The lowest BCUT2D eigenvalue weighted by molar-refractivity contribution is -0.137. The van der Waals surface area contributed by atoms with E-state index < -0.39 is 11.2 Å². The third-order valence-electron chi connectivity index (χ3n) is 1.65. The van der Waals surface area contributed by atoms with Crippen molar-refractivity contribution >= 4 is 11.3 Å². The molecule has 0 radical (unpaired) electrons. The number of rotatable bonds is 4. The summed E-state index contributed by atoms with van der Waals surface area (Å²) in [5.41, 5.74) is 0.452. The van der Waals surface area contributed by atoms with E-state index in [9.17, 15) is 13.2 Å². The first-order valence-electron chi connectivity index (χ1n) is 4.62. The first-order valence-corrected chi connectivity index (χ1v) is 5.50. The van der Waals surface area contributed by atoms with E-state index in [1.165, 1.54) is 5.38 Å². The molecule has 1 heterocycles. The number of halogens is 3. The highest BCUT2D eigenvalue weighted by atomic mass is 32.1. The van der Waals surface area contributed by atoms with Gasteiger partial charge in [-0.05, 0) is 12.5 Å². The molecule has 86 valence electrons. The van der Waals surface area contributed by atoms with E-state index in [0.717, 1.165) is 6.54 Å². The van der Waals surface area contributed by atoms with Gasteiger partial charge in [-0.15, -0.1) is 11.3 Å². The van der Waals surface area contributed by atoms with Gasteiger partial charge in [-0.25, -0.2) is 4.98 Å². The van der Waals surface area contributed by atoms with E-state index in [2.05, 4.69) is 10.3 Å². The number of nitrogens with zero attached hydrogens (tertiary/aromatic N) is 1. The average Bonchev–Trinajstić information content (AvgIpc) is 2.51. The molecule has 0 fully saturated rings. The number of aromatic nitrogens is 1. The third-order valence-corrected chi connectivity index (χ3v) is 2.59. The van der Waals surface area contributed by atoms with Crippen molar-refractivity contribution in [1.29, 1.82) is 0 Å². The summed E-state index contributed by atoms with van der Waals surface area (Å²) in [7, 11) is 0. The lowest BCUT2D eigenvalue weighted by Gasteiger charge is -2.05. The molecule has 2 nitrogen and oxygen atoms in total. The maximum atomic E-state index is 12.2. The molecule has 0 unspecified atom stereocenters. The third kappa shape index (κ3) is 4.17. The minimum Gasteiger partial charge on any atom is -0.311 e. The van der Waals surface area contributed by atoms with Gasteiger partial charge in [0.1, 0.15) is 0 Å². The second-order valence-electron chi connectivity index (χ2n) is 3.67. The molecule has 0 aliphatic carbocycles. The Bertz CT molecular complexity index is 307. The van der Waals surface area contributed by atoms with Crippen molar-refractivity contribution in [3.05, 3.63) is 16.1 Å². The molecule has 0 aliphatic heterocycles. The Balaban J connectivity index is 2.47. The highest BCUT2D eigenvalue weighted by Gasteiger charge is 2.34. The zero-order chi connectivity index (χ0) is 11.5. The van der Waals surface area contributed by atoms with Gasteiger partial charge in [0.05, 0.1) is 5.69 Å². The van der Waals surface area contributed by atoms with E-state index in [1.807, 2.05) is 13.8 Å². The van der Waals surface area contributed by atoms with Crippen molar-refractivity contribution in [3.63, 3.8) is 0 Å². The van der Waals surface area contributed by atoms with Gasteiger partial charge in [-0.2, -0.15) is 13.2 Å². The van der Waals surface area contributed by atoms with Crippen LogP contribution in [0.4, 0.5) is 13.2 Å². The number of hydrogen-bond acceptors (Lipinski definition) is 3. The molecule has 0 bridgehead atoms. The summed E-state index contributed by atoms with van der Waals surface area (Å²) >= 11 is 0.639. The highest BCUT2D eigenvalue weighted by Crippen LogP contribution is 2.31. The summed E-state index contributed by atoms with van der Waals surface area (Å²) in [6.07, 6.45) is -4.32. The smallest absolute Gasteiger partial charge is 0.311 e. The summed E-state index contributed by atoms with van der Waals surface area (Å²) in [4.78, 5) is 3.51. The van der Waals surface area contributed by atoms with Crippen LogP contribution in [0.5, 0.6) is 0 Å². The van der Waals surface area contributed by atoms with E-state index in [1.54, 1.807) is 0 Å². The molecule has 1 rings (SSSR count). The Hall–Kier alpha value is -0.620. The van der Waals surface area contributed by atoms with Crippen LogP contribution in [0.3, 0.4) is 0 Å². The van der Waals surface area contributed by atoms with Gasteiger partial charge in [-0.3, -0.25) is 0 Å². The Morgan fingerprint density at radius 3 is 2.60 bits per heavy atom. The molecule has 0 amide bonds. The van der Waals surface area contributed by atoms with Gasteiger partial charge in [0.25, 0.3) is 0 Å². The van der Waals surface area contributed by atoms with Crippen LogP contribution >= 0.6 is 11.3 Å². The Labute approximate surface area is 90.5 Å². The van der Waals surface area contributed by atoms with Crippen LogP contribution in [0.25, 0.3) is 0 Å². The fraction of sp³-hybridized carbons (Fsp3) is 0.667. The number of thiazole rings is 1. The van der Waals surface area contributed by atoms with Crippen LogP contribution in [0.2, 0.25) is 0 Å². The van der Waals surface area contributed by atoms with Crippen molar-refractivity contribution in [2.45, 2.75) is 26.6 Å². The molecular formula is C9H13F3N2S. The fourth-order valence-electron chi connectivity index (χ4n) is 1.01. The predicted octanol–water partition coefficient (Wildman–Crippen LogP) is 2.91. The first kappa shape index (κ1) is 12.4. The Morgan fingerprint density at radius 2 is 2.13 bits per heavy atom. The maximum absolute atomic E-state index is 12.2. The monoisotopic (exact) mass is 238 g/mol. The molecule has 1 aromatic rings. The molecule has 0 saturated heterocycles. The van der Waals surface area contributed by atoms with E-state index in [4.69, 9.17) is 0 Å². The minimum atomic E-state index is -4.32. The lowest BCUT2D eigenvalue weighted by atomic mass is 10.2. The predicted molar refractivity (Wildman–Crippen MR) is 53.7 cm³/mol. The SMILES string of the molecule is CC(C)CNCc1csc(C(F)(F)F)n1. The zero-order valence-electron chi connectivity index (χ0n) is 8.56. The molecule has 15 heavy (non-hydrogen) atoms. The molecule has 0 aliphatic rings.